The van der Waals surface area contributed by atoms with Gasteiger partial charge in [-0.1, -0.05) is 6.92 Å². The quantitative estimate of drug-likeness (QED) is 0.564. The van der Waals surface area contributed by atoms with E-state index < -0.39 is 23.9 Å². The third kappa shape index (κ3) is 4.63. The van der Waals surface area contributed by atoms with E-state index in [0.717, 1.165) is 4.90 Å². The van der Waals surface area contributed by atoms with E-state index in [0.29, 0.717) is 6.42 Å². The molecule has 0 fully saturated rings. The highest BCUT2D eigenvalue weighted by Crippen LogP contribution is 2.01. The highest BCUT2D eigenvalue weighted by atomic mass is 16.4. The number of rotatable bonds is 6. The van der Waals surface area contributed by atoms with Gasteiger partial charge in [-0.25, -0.2) is 9.59 Å². The van der Waals surface area contributed by atoms with E-state index in [2.05, 4.69) is 5.32 Å². The summed E-state index contributed by atoms with van der Waals surface area (Å²) in [5.74, 6) is -1.58. The first kappa shape index (κ1) is 14.2. The number of aliphatic carboxylic acids is 1. The van der Waals surface area contributed by atoms with Gasteiger partial charge in [-0.15, -0.1) is 0 Å². The standard InChI is InChI=1S/C9H17N3O4/c1-3-6(8(14)15)12(2)9(16)11-5-4-7(10)13/h6H,3-5H2,1-2H3,(H2,10,13)(H,11,16)(H,14,15). The van der Waals surface area contributed by atoms with Crippen molar-refractivity contribution in [3.63, 3.8) is 0 Å². The molecular weight excluding hydrogens is 214 g/mol. The zero-order chi connectivity index (χ0) is 12.7. The smallest absolute Gasteiger partial charge is 0.326 e. The second-order valence-corrected chi connectivity index (χ2v) is 3.32. The lowest BCUT2D eigenvalue weighted by molar-refractivity contribution is -0.141. The van der Waals surface area contributed by atoms with Gasteiger partial charge in [0.05, 0.1) is 0 Å². The predicted octanol–water partition coefficient (Wildman–Crippen LogP) is -0.634. The second-order valence-electron chi connectivity index (χ2n) is 3.32. The molecule has 16 heavy (non-hydrogen) atoms. The Hall–Kier alpha value is -1.79. The third-order valence-corrected chi connectivity index (χ3v) is 2.11. The van der Waals surface area contributed by atoms with Crippen molar-refractivity contribution >= 4 is 17.9 Å². The van der Waals surface area contributed by atoms with Crippen LogP contribution in [0.2, 0.25) is 0 Å². The van der Waals surface area contributed by atoms with Gasteiger partial charge >= 0.3 is 12.0 Å². The van der Waals surface area contributed by atoms with Gasteiger partial charge in [0.2, 0.25) is 5.91 Å². The zero-order valence-electron chi connectivity index (χ0n) is 9.40. The van der Waals surface area contributed by atoms with Gasteiger partial charge in [-0.2, -0.15) is 0 Å². The van der Waals surface area contributed by atoms with E-state index in [1.165, 1.54) is 7.05 Å². The molecule has 0 aliphatic carbocycles. The number of likely N-dealkylation sites (N-methyl/N-ethyl adjacent to an activating group) is 1. The van der Waals surface area contributed by atoms with E-state index in [4.69, 9.17) is 10.8 Å². The molecule has 0 aromatic carbocycles. The first-order valence-corrected chi connectivity index (χ1v) is 4.91. The first-order valence-electron chi connectivity index (χ1n) is 4.91. The van der Waals surface area contributed by atoms with E-state index >= 15 is 0 Å². The summed E-state index contributed by atoms with van der Waals surface area (Å²) in [6.07, 6.45) is 0.346. The SMILES string of the molecule is CCC(C(=O)O)N(C)C(=O)NCCC(N)=O. The van der Waals surface area contributed by atoms with Crippen molar-refractivity contribution in [3.8, 4) is 0 Å². The topological polar surface area (TPSA) is 113 Å². The Labute approximate surface area is 93.6 Å². The molecule has 7 nitrogen and oxygen atoms in total. The molecule has 1 atom stereocenters. The monoisotopic (exact) mass is 231 g/mol. The number of carboxylic acids is 1. The Kier molecular flexibility index (Phi) is 5.91. The average Bonchev–Trinajstić information content (AvgIpc) is 2.17. The number of carbonyl (C=O) groups excluding carboxylic acids is 2. The van der Waals surface area contributed by atoms with Crippen molar-refractivity contribution < 1.29 is 19.5 Å². The van der Waals surface area contributed by atoms with Gasteiger partial charge in [0.25, 0.3) is 0 Å². The number of urea groups is 1. The maximum absolute atomic E-state index is 11.4. The number of nitrogens with two attached hydrogens (primary N) is 1. The van der Waals surface area contributed by atoms with Gasteiger partial charge in [-0.05, 0) is 6.42 Å². The highest BCUT2D eigenvalue weighted by Gasteiger charge is 2.24. The fourth-order valence-corrected chi connectivity index (χ4v) is 1.17. The maximum Gasteiger partial charge on any atom is 0.326 e. The first-order chi connectivity index (χ1) is 7.40. The summed E-state index contributed by atoms with van der Waals surface area (Å²) in [7, 11) is 1.39. The molecular formula is C9H17N3O4. The fourth-order valence-electron chi connectivity index (χ4n) is 1.17. The van der Waals surface area contributed by atoms with Crippen LogP contribution in [0.5, 0.6) is 0 Å². The summed E-state index contributed by atoms with van der Waals surface area (Å²) in [5.41, 5.74) is 4.89. The Bertz CT molecular complexity index is 280. The maximum atomic E-state index is 11.4. The second kappa shape index (κ2) is 6.65. The zero-order valence-corrected chi connectivity index (χ0v) is 9.40. The minimum absolute atomic E-state index is 0.0312. The van der Waals surface area contributed by atoms with Gasteiger partial charge in [-0.3, -0.25) is 4.79 Å². The number of nitrogens with one attached hydrogen (secondary N) is 1. The van der Waals surface area contributed by atoms with Crippen LogP contribution in [0.1, 0.15) is 19.8 Å². The molecule has 0 radical (unpaired) electrons. The average molecular weight is 231 g/mol. The summed E-state index contributed by atoms with van der Waals surface area (Å²) >= 11 is 0. The largest absolute Gasteiger partial charge is 0.480 e. The van der Waals surface area contributed by atoms with Crippen molar-refractivity contribution in [3.05, 3.63) is 0 Å². The van der Waals surface area contributed by atoms with Crippen LogP contribution >= 0.6 is 0 Å². The number of hydrogen-bond donors (Lipinski definition) is 3. The molecule has 0 rings (SSSR count). The molecule has 0 saturated carbocycles. The molecule has 0 aromatic heterocycles. The normalized spacial score (nSPS) is 11.6. The number of carbonyl (C=O) groups is 3. The van der Waals surface area contributed by atoms with Crippen molar-refractivity contribution in [2.75, 3.05) is 13.6 Å². The van der Waals surface area contributed by atoms with Crippen LogP contribution in [-0.4, -0.2) is 47.5 Å². The molecule has 3 amide bonds. The van der Waals surface area contributed by atoms with Crippen LogP contribution in [0.25, 0.3) is 0 Å². The predicted molar refractivity (Wildman–Crippen MR) is 56.7 cm³/mol. The van der Waals surface area contributed by atoms with Gasteiger partial charge in [0, 0.05) is 20.0 Å². The molecule has 0 heterocycles. The number of primary amides is 1. The van der Waals surface area contributed by atoms with Crippen LogP contribution < -0.4 is 11.1 Å². The third-order valence-electron chi connectivity index (χ3n) is 2.11. The van der Waals surface area contributed by atoms with E-state index in [9.17, 15) is 14.4 Å². The van der Waals surface area contributed by atoms with Gasteiger partial charge < -0.3 is 21.1 Å². The van der Waals surface area contributed by atoms with Crippen LogP contribution in [0, 0.1) is 0 Å². The minimum atomic E-state index is -1.06. The minimum Gasteiger partial charge on any atom is -0.480 e. The summed E-state index contributed by atoms with van der Waals surface area (Å²) in [6.45, 7) is 1.78. The van der Waals surface area contributed by atoms with Crippen LogP contribution in [0.3, 0.4) is 0 Å². The molecule has 0 saturated heterocycles. The van der Waals surface area contributed by atoms with E-state index in [-0.39, 0.29) is 13.0 Å². The molecule has 7 heteroatoms. The molecule has 0 aliphatic heterocycles. The number of amides is 3. The Morgan fingerprint density at radius 1 is 1.44 bits per heavy atom. The Morgan fingerprint density at radius 2 is 2.00 bits per heavy atom. The highest BCUT2D eigenvalue weighted by molar-refractivity contribution is 5.82. The molecule has 1 unspecified atom stereocenters. The van der Waals surface area contributed by atoms with Gasteiger partial charge in [0.15, 0.2) is 0 Å². The summed E-state index contributed by atoms with van der Waals surface area (Å²) in [4.78, 5) is 33.7. The molecule has 92 valence electrons. The van der Waals surface area contributed by atoms with Crippen LogP contribution in [0.4, 0.5) is 4.79 Å². The van der Waals surface area contributed by atoms with Crippen molar-refractivity contribution in [1.29, 1.82) is 0 Å². The number of hydrogen-bond acceptors (Lipinski definition) is 3. The summed E-state index contributed by atoms with van der Waals surface area (Å²) in [6, 6.07) is -1.40. The fraction of sp³-hybridized carbons (Fsp3) is 0.667. The molecule has 0 aromatic rings. The Morgan fingerprint density at radius 3 is 2.38 bits per heavy atom. The van der Waals surface area contributed by atoms with Crippen molar-refractivity contribution in [2.24, 2.45) is 5.73 Å². The van der Waals surface area contributed by atoms with E-state index in [1.54, 1.807) is 6.92 Å². The number of carboxylic acid groups (broad SMARTS) is 1. The lowest BCUT2D eigenvalue weighted by Gasteiger charge is -2.23. The van der Waals surface area contributed by atoms with Crippen molar-refractivity contribution in [2.45, 2.75) is 25.8 Å². The van der Waals surface area contributed by atoms with Crippen LogP contribution in [-0.2, 0) is 9.59 Å². The van der Waals surface area contributed by atoms with Crippen molar-refractivity contribution in [1.82, 2.24) is 10.2 Å². The summed E-state index contributed by atoms with van der Waals surface area (Å²) in [5, 5.41) is 11.2. The lowest BCUT2D eigenvalue weighted by atomic mass is 10.2. The van der Waals surface area contributed by atoms with Crippen LogP contribution in [0.15, 0.2) is 0 Å². The molecule has 0 spiro atoms. The summed E-state index contributed by atoms with van der Waals surface area (Å²) < 4.78 is 0. The number of nitrogens with zero attached hydrogens (tertiary/aromatic N) is 1. The molecule has 4 N–H and O–H groups in total. The molecule has 0 bridgehead atoms. The van der Waals surface area contributed by atoms with Gasteiger partial charge in [0.1, 0.15) is 6.04 Å². The lowest BCUT2D eigenvalue weighted by Crippen LogP contribution is -2.47. The molecule has 0 aliphatic rings. The Balaban J connectivity index is 4.16. The van der Waals surface area contributed by atoms with E-state index in [1.807, 2.05) is 0 Å².